The largest absolute Gasteiger partial charge is 0.469 e. The molecule has 0 aliphatic rings. The first-order valence-electron chi connectivity index (χ1n) is 6.69. The molecule has 1 atom stereocenters. The molecule has 0 aliphatic carbocycles. The molecule has 0 bridgehead atoms. The number of methoxy groups -OCH3 is 1. The highest BCUT2D eigenvalue weighted by molar-refractivity contribution is 7.12. The van der Waals surface area contributed by atoms with Crippen LogP contribution in [0.25, 0.3) is 0 Å². The minimum Gasteiger partial charge on any atom is -0.469 e. The lowest BCUT2D eigenvalue weighted by Crippen LogP contribution is -2.47. The smallest absolute Gasteiger partial charge is 0.307 e. The summed E-state index contributed by atoms with van der Waals surface area (Å²) in [5, 5.41) is 4.46. The van der Waals surface area contributed by atoms with Crippen molar-refractivity contribution >= 4 is 29.1 Å². The van der Waals surface area contributed by atoms with Crippen LogP contribution in [0.2, 0.25) is 0 Å². The van der Waals surface area contributed by atoms with Gasteiger partial charge in [-0.2, -0.15) is 0 Å². The second-order valence-electron chi connectivity index (χ2n) is 4.42. The van der Waals surface area contributed by atoms with Gasteiger partial charge in [0, 0.05) is 13.1 Å². The zero-order valence-corrected chi connectivity index (χ0v) is 13.2. The molecular formula is C14H20N2O4S. The number of thiophene rings is 1. The van der Waals surface area contributed by atoms with Gasteiger partial charge in [0.25, 0.3) is 5.91 Å². The van der Waals surface area contributed by atoms with Crippen LogP contribution in [0.3, 0.4) is 0 Å². The van der Waals surface area contributed by atoms with Gasteiger partial charge in [-0.25, -0.2) is 0 Å². The average Bonchev–Trinajstić information content (AvgIpc) is 3.01. The highest BCUT2D eigenvalue weighted by atomic mass is 32.1. The van der Waals surface area contributed by atoms with E-state index in [1.165, 1.54) is 23.3 Å². The Bertz CT molecular complexity index is 487. The van der Waals surface area contributed by atoms with Crippen LogP contribution < -0.4 is 5.32 Å². The third-order valence-electron chi connectivity index (χ3n) is 2.97. The molecule has 1 N–H and O–H groups in total. The molecule has 0 fully saturated rings. The zero-order valence-electron chi connectivity index (χ0n) is 12.4. The van der Waals surface area contributed by atoms with E-state index in [0.717, 1.165) is 0 Å². The lowest BCUT2D eigenvalue weighted by atomic mass is 10.2. The number of hydrogen-bond acceptors (Lipinski definition) is 5. The van der Waals surface area contributed by atoms with Crippen LogP contribution >= 0.6 is 11.3 Å². The Morgan fingerprint density at radius 3 is 2.67 bits per heavy atom. The number of carbonyl (C=O) groups excluding carboxylic acids is 3. The van der Waals surface area contributed by atoms with Gasteiger partial charge in [-0.3, -0.25) is 14.4 Å². The van der Waals surface area contributed by atoms with Gasteiger partial charge in [-0.1, -0.05) is 6.07 Å². The number of likely N-dealkylation sites (N-methyl/N-ethyl adjacent to an activating group) is 1. The number of amides is 2. The Hall–Kier alpha value is -1.89. The van der Waals surface area contributed by atoms with Crippen molar-refractivity contribution in [1.82, 2.24) is 10.2 Å². The van der Waals surface area contributed by atoms with Crippen LogP contribution in [-0.4, -0.2) is 48.9 Å². The number of nitrogens with zero attached hydrogens (tertiary/aromatic N) is 1. The average molecular weight is 312 g/mol. The summed E-state index contributed by atoms with van der Waals surface area (Å²) in [7, 11) is 1.31. The maximum absolute atomic E-state index is 12.2. The first kappa shape index (κ1) is 17.2. The molecule has 6 nitrogen and oxygen atoms in total. The van der Waals surface area contributed by atoms with E-state index in [4.69, 9.17) is 0 Å². The molecule has 1 heterocycles. The SMILES string of the molecule is CCN(CCC(=O)OC)C(=O)C(C)NC(=O)c1cccs1. The van der Waals surface area contributed by atoms with Crippen molar-refractivity contribution in [3.8, 4) is 0 Å². The maximum Gasteiger partial charge on any atom is 0.307 e. The monoisotopic (exact) mass is 312 g/mol. The van der Waals surface area contributed by atoms with E-state index in [0.29, 0.717) is 11.4 Å². The lowest BCUT2D eigenvalue weighted by molar-refractivity contribution is -0.142. The van der Waals surface area contributed by atoms with Gasteiger partial charge in [-0.15, -0.1) is 11.3 Å². The Morgan fingerprint density at radius 2 is 2.14 bits per heavy atom. The quantitative estimate of drug-likeness (QED) is 0.770. The molecule has 0 saturated carbocycles. The van der Waals surface area contributed by atoms with E-state index >= 15 is 0 Å². The van der Waals surface area contributed by atoms with Gasteiger partial charge in [0.2, 0.25) is 5.91 Å². The molecule has 0 aliphatic heterocycles. The number of hydrogen-bond donors (Lipinski definition) is 1. The summed E-state index contributed by atoms with van der Waals surface area (Å²) in [4.78, 5) is 37.4. The van der Waals surface area contributed by atoms with E-state index in [1.54, 1.807) is 24.4 Å². The minimum atomic E-state index is -0.641. The molecule has 0 saturated heterocycles. The predicted octanol–water partition coefficient (Wildman–Crippen LogP) is 1.28. The molecule has 1 aromatic heterocycles. The summed E-state index contributed by atoms with van der Waals surface area (Å²) in [5.74, 6) is -0.849. The topological polar surface area (TPSA) is 75.7 Å². The summed E-state index contributed by atoms with van der Waals surface area (Å²) in [6, 6.07) is 2.84. The van der Waals surface area contributed by atoms with Crippen LogP contribution in [0.15, 0.2) is 17.5 Å². The first-order valence-corrected chi connectivity index (χ1v) is 7.57. The number of esters is 1. The number of nitrogens with one attached hydrogen (secondary N) is 1. The molecular weight excluding hydrogens is 292 g/mol. The molecule has 21 heavy (non-hydrogen) atoms. The van der Waals surface area contributed by atoms with Gasteiger partial charge < -0.3 is 15.0 Å². The van der Waals surface area contributed by atoms with Crippen LogP contribution in [0, 0.1) is 0 Å². The number of ether oxygens (including phenoxy) is 1. The van der Waals surface area contributed by atoms with E-state index < -0.39 is 6.04 Å². The van der Waals surface area contributed by atoms with Crippen LogP contribution in [-0.2, 0) is 14.3 Å². The fraction of sp³-hybridized carbons (Fsp3) is 0.500. The van der Waals surface area contributed by atoms with Crippen molar-refractivity contribution in [2.24, 2.45) is 0 Å². The van der Waals surface area contributed by atoms with Crippen molar-refractivity contribution in [1.29, 1.82) is 0 Å². The normalized spacial score (nSPS) is 11.6. The molecule has 1 aromatic rings. The minimum absolute atomic E-state index is 0.141. The molecule has 7 heteroatoms. The Kier molecular flexibility index (Phi) is 6.87. The van der Waals surface area contributed by atoms with E-state index in [-0.39, 0.29) is 30.7 Å². The predicted molar refractivity (Wildman–Crippen MR) is 80.1 cm³/mol. The van der Waals surface area contributed by atoms with Gasteiger partial charge in [0.1, 0.15) is 6.04 Å². The highest BCUT2D eigenvalue weighted by Crippen LogP contribution is 2.08. The van der Waals surface area contributed by atoms with Crippen LogP contribution in [0.4, 0.5) is 0 Å². The van der Waals surface area contributed by atoms with E-state index in [1.807, 2.05) is 6.92 Å². The van der Waals surface area contributed by atoms with Crippen molar-refractivity contribution in [2.45, 2.75) is 26.3 Å². The molecule has 116 valence electrons. The third kappa shape index (κ3) is 5.18. The Morgan fingerprint density at radius 1 is 1.43 bits per heavy atom. The van der Waals surface area contributed by atoms with Gasteiger partial charge in [0.05, 0.1) is 18.4 Å². The molecule has 0 radical (unpaired) electrons. The van der Waals surface area contributed by atoms with Crippen LogP contribution in [0.1, 0.15) is 29.9 Å². The second kappa shape index (κ2) is 8.41. The standard InChI is InChI=1S/C14H20N2O4S/c1-4-16(8-7-12(17)20-3)14(19)10(2)15-13(18)11-6-5-9-21-11/h5-6,9-10H,4,7-8H2,1-3H3,(H,15,18). The Balaban J connectivity index is 2.54. The number of carbonyl (C=O) groups is 3. The van der Waals surface area contributed by atoms with Crippen molar-refractivity contribution < 1.29 is 19.1 Å². The maximum atomic E-state index is 12.2. The zero-order chi connectivity index (χ0) is 15.8. The summed E-state index contributed by atoms with van der Waals surface area (Å²) in [6.45, 7) is 4.20. The van der Waals surface area contributed by atoms with Crippen LogP contribution in [0.5, 0.6) is 0 Å². The Labute approximate surface area is 128 Å². The summed E-state index contributed by atoms with van der Waals surface area (Å²) < 4.78 is 4.55. The van der Waals surface area contributed by atoms with E-state index in [2.05, 4.69) is 10.1 Å². The summed E-state index contributed by atoms with van der Waals surface area (Å²) >= 11 is 1.32. The fourth-order valence-electron chi connectivity index (χ4n) is 1.76. The molecule has 2 amide bonds. The van der Waals surface area contributed by atoms with Gasteiger partial charge >= 0.3 is 5.97 Å². The summed E-state index contributed by atoms with van der Waals surface area (Å²) in [6.07, 6.45) is 0.141. The van der Waals surface area contributed by atoms with E-state index in [9.17, 15) is 14.4 Å². The molecule has 0 spiro atoms. The molecule has 1 rings (SSSR count). The summed E-state index contributed by atoms with van der Waals surface area (Å²) in [5.41, 5.74) is 0. The van der Waals surface area contributed by atoms with Gasteiger partial charge in [-0.05, 0) is 25.3 Å². The molecule has 0 aromatic carbocycles. The van der Waals surface area contributed by atoms with Gasteiger partial charge in [0.15, 0.2) is 0 Å². The molecule has 1 unspecified atom stereocenters. The van der Waals surface area contributed by atoms with Crippen molar-refractivity contribution in [3.05, 3.63) is 22.4 Å². The fourth-order valence-corrected chi connectivity index (χ4v) is 2.39. The second-order valence-corrected chi connectivity index (χ2v) is 5.36. The first-order chi connectivity index (χ1) is 9.99. The van der Waals surface area contributed by atoms with Crippen molar-refractivity contribution in [2.75, 3.05) is 20.2 Å². The number of rotatable bonds is 7. The lowest BCUT2D eigenvalue weighted by Gasteiger charge is -2.24. The third-order valence-corrected chi connectivity index (χ3v) is 3.84. The highest BCUT2D eigenvalue weighted by Gasteiger charge is 2.22. The van der Waals surface area contributed by atoms with Crippen molar-refractivity contribution in [3.63, 3.8) is 0 Å².